The first-order valence-corrected chi connectivity index (χ1v) is 7.43. The summed E-state index contributed by atoms with van der Waals surface area (Å²) in [5.41, 5.74) is 2.25. The highest BCUT2D eigenvalue weighted by molar-refractivity contribution is 5.55. The van der Waals surface area contributed by atoms with E-state index in [0.29, 0.717) is 6.04 Å². The van der Waals surface area contributed by atoms with Gasteiger partial charge in [-0.25, -0.2) is 0 Å². The van der Waals surface area contributed by atoms with Crippen LogP contribution in [0.4, 0.5) is 5.69 Å². The van der Waals surface area contributed by atoms with Crippen LogP contribution in [0.3, 0.4) is 0 Å². The van der Waals surface area contributed by atoms with Gasteiger partial charge < -0.3 is 10.0 Å². The van der Waals surface area contributed by atoms with Crippen LogP contribution in [0.15, 0.2) is 24.3 Å². The number of hydrogen-bond acceptors (Lipinski definition) is 3. The summed E-state index contributed by atoms with van der Waals surface area (Å²) in [7, 11) is 0. The molecular formula is C16H26N2O. The van der Waals surface area contributed by atoms with Crippen LogP contribution in [0, 0.1) is 0 Å². The van der Waals surface area contributed by atoms with Gasteiger partial charge in [0, 0.05) is 30.4 Å². The van der Waals surface area contributed by atoms with E-state index in [9.17, 15) is 5.11 Å². The fraction of sp³-hybridized carbons (Fsp3) is 0.625. The van der Waals surface area contributed by atoms with E-state index in [1.807, 2.05) is 19.1 Å². The molecule has 0 spiro atoms. The first kappa shape index (κ1) is 14.4. The summed E-state index contributed by atoms with van der Waals surface area (Å²) < 4.78 is 0. The second-order valence-electron chi connectivity index (χ2n) is 5.34. The van der Waals surface area contributed by atoms with E-state index in [1.54, 1.807) is 0 Å². The lowest BCUT2D eigenvalue weighted by molar-refractivity contribution is 0.199. The molecule has 1 aliphatic rings. The van der Waals surface area contributed by atoms with Crippen molar-refractivity contribution in [1.82, 2.24) is 4.90 Å². The van der Waals surface area contributed by atoms with Crippen molar-refractivity contribution in [2.75, 3.05) is 31.1 Å². The van der Waals surface area contributed by atoms with E-state index in [4.69, 9.17) is 0 Å². The van der Waals surface area contributed by atoms with Gasteiger partial charge >= 0.3 is 0 Å². The minimum absolute atomic E-state index is 0.399. The van der Waals surface area contributed by atoms with Crippen molar-refractivity contribution in [3.63, 3.8) is 0 Å². The molecule has 1 heterocycles. The molecule has 1 aromatic rings. The molecule has 19 heavy (non-hydrogen) atoms. The number of benzene rings is 1. The number of anilines is 1. The Morgan fingerprint density at radius 1 is 1.32 bits per heavy atom. The number of aliphatic hydroxyl groups excluding tert-OH is 1. The van der Waals surface area contributed by atoms with Gasteiger partial charge in [0.25, 0.3) is 0 Å². The Labute approximate surface area is 116 Å². The summed E-state index contributed by atoms with van der Waals surface area (Å²) in [6, 6.07) is 8.88. The largest absolute Gasteiger partial charge is 0.389 e. The predicted octanol–water partition coefficient (Wildman–Crippen LogP) is 2.66. The average molecular weight is 262 g/mol. The van der Waals surface area contributed by atoms with Crippen LogP contribution in [0.2, 0.25) is 0 Å². The minimum atomic E-state index is -0.399. The van der Waals surface area contributed by atoms with Gasteiger partial charge in [0.2, 0.25) is 0 Å². The fourth-order valence-electron chi connectivity index (χ4n) is 3.13. The van der Waals surface area contributed by atoms with Crippen molar-refractivity contribution in [3.8, 4) is 0 Å². The zero-order chi connectivity index (χ0) is 13.8. The van der Waals surface area contributed by atoms with Crippen LogP contribution >= 0.6 is 0 Å². The molecule has 2 atom stereocenters. The molecule has 2 rings (SSSR count). The smallest absolute Gasteiger partial charge is 0.0781 e. The summed E-state index contributed by atoms with van der Waals surface area (Å²) in [4.78, 5) is 4.95. The molecule has 3 heteroatoms. The molecule has 1 aromatic carbocycles. The molecule has 1 saturated heterocycles. The van der Waals surface area contributed by atoms with Gasteiger partial charge in [-0.2, -0.15) is 0 Å². The highest BCUT2D eigenvalue weighted by atomic mass is 16.3. The second kappa shape index (κ2) is 6.40. The normalized spacial score (nSPS) is 21.1. The lowest BCUT2D eigenvalue weighted by atomic mass is 10.1. The molecule has 0 saturated carbocycles. The van der Waals surface area contributed by atoms with Gasteiger partial charge in [-0.05, 0) is 32.5 Å². The predicted molar refractivity (Wildman–Crippen MR) is 80.6 cm³/mol. The van der Waals surface area contributed by atoms with E-state index in [2.05, 4.69) is 35.8 Å². The highest BCUT2D eigenvalue weighted by Crippen LogP contribution is 2.29. The zero-order valence-corrected chi connectivity index (χ0v) is 12.3. The van der Waals surface area contributed by atoms with Crippen molar-refractivity contribution in [1.29, 1.82) is 0 Å². The fourth-order valence-corrected chi connectivity index (χ4v) is 3.13. The van der Waals surface area contributed by atoms with Crippen LogP contribution < -0.4 is 4.90 Å². The van der Waals surface area contributed by atoms with E-state index in [-0.39, 0.29) is 0 Å². The van der Waals surface area contributed by atoms with Crippen molar-refractivity contribution in [2.24, 2.45) is 0 Å². The number of aliphatic hydroxyl groups is 1. The molecule has 3 nitrogen and oxygen atoms in total. The number of nitrogens with zero attached hydrogens (tertiary/aromatic N) is 2. The molecule has 106 valence electrons. The number of para-hydroxylation sites is 1. The maximum Gasteiger partial charge on any atom is 0.0781 e. The van der Waals surface area contributed by atoms with Crippen LogP contribution in [0.1, 0.15) is 38.9 Å². The molecule has 2 unspecified atom stereocenters. The Bertz CT molecular complexity index is 401. The maximum atomic E-state index is 9.90. The van der Waals surface area contributed by atoms with Gasteiger partial charge in [0.15, 0.2) is 0 Å². The van der Waals surface area contributed by atoms with Crippen LogP contribution in [-0.4, -0.2) is 42.2 Å². The molecule has 0 radical (unpaired) electrons. The van der Waals surface area contributed by atoms with Gasteiger partial charge in [-0.3, -0.25) is 4.90 Å². The molecule has 0 amide bonds. The van der Waals surface area contributed by atoms with Crippen molar-refractivity contribution >= 4 is 5.69 Å². The van der Waals surface area contributed by atoms with E-state index in [0.717, 1.165) is 31.7 Å². The Morgan fingerprint density at radius 2 is 2.00 bits per heavy atom. The second-order valence-corrected chi connectivity index (χ2v) is 5.34. The monoisotopic (exact) mass is 262 g/mol. The standard InChI is InChI=1S/C16H26N2O/c1-4-17(5-2)14-10-11-18(12-14)16-9-7-6-8-15(16)13(3)19/h6-9,13-14,19H,4-5,10-12H2,1-3H3. The summed E-state index contributed by atoms with van der Waals surface area (Å²) in [6.45, 7) is 10.7. The Morgan fingerprint density at radius 3 is 2.63 bits per heavy atom. The number of rotatable bonds is 5. The topological polar surface area (TPSA) is 26.7 Å². The minimum Gasteiger partial charge on any atom is -0.389 e. The molecule has 0 aromatic heterocycles. The van der Waals surface area contributed by atoms with Gasteiger partial charge in [-0.1, -0.05) is 32.0 Å². The number of likely N-dealkylation sites (N-methyl/N-ethyl adjacent to an activating group) is 1. The van der Waals surface area contributed by atoms with Gasteiger partial charge in [-0.15, -0.1) is 0 Å². The van der Waals surface area contributed by atoms with E-state index in [1.165, 1.54) is 12.1 Å². The molecule has 1 N–H and O–H groups in total. The average Bonchev–Trinajstić information content (AvgIpc) is 2.89. The molecule has 0 aliphatic carbocycles. The van der Waals surface area contributed by atoms with Gasteiger partial charge in [0.1, 0.15) is 0 Å². The van der Waals surface area contributed by atoms with Crippen molar-refractivity contribution in [3.05, 3.63) is 29.8 Å². The van der Waals surface area contributed by atoms with Crippen LogP contribution in [0.25, 0.3) is 0 Å². The van der Waals surface area contributed by atoms with Crippen LogP contribution in [-0.2, 0) is 0 Å². The Kier molecular flexibility index (Phi) is 4.83. The summed E-state index contributed by atoms with van der Waals surface area (Å²) in [6.07, 6.45) is 0.819. The molecule has 1 fully saturated rings. The number of hydrogen-bond donors (Lipinski definition) is 1. The van der Waals surface area contributed by atoms with Crippen molar-refractivity contribution < 1.29 is 5.11 Å². The quantitative estimate of drug-likeness (QED) is 0.884. The summed E-state index contributed by atoms with van der Waals surface area (Å²) >= 11 is 0. The SMILES string of the molecule is CCN(CC)C1CCN(c2ccccc2C(C)O)C1. The lowest BCUT2D eigenvalue weighted by Gasteiger charge is -2.27. The van der Waals surface area contributed by atoms with Gasteiger partial charge in [0.05, 0.1) is 6.10 Å². The van der Waals surface area contributed by atoms with E-state index >= 15 is 0 Å². The molecule has 0 bridgehead atoms. The highest BCUT2D eigenvalue weighted by Gasteiger charge is 2.27. The third-order valence-electron chi connectivity index (χ3n) is 4.22. The first-order valence-electron chi connectivity index (χ1n) is 7.43. The molecular weight excluding hydrogens is 236 g/mol. The Hall–Kier alpha value is -1.06. The maximum absolute atomic E-state index is 9.90. The third kappa shape index (κ3) is 3.10. The Balaban J connectivity index is 2.13. The third-order valence-corrected chi connectivity index (χ3v) is 4.22. The summed E-state index contributed by atoms with van der Waals surface area (Å²) in [5, 5.41) is 9.90. The van der Waals surface area contributed by atoms with E-state index < -0.39 is 6.10 Å². The lowest BCUT2D eigenvalue weighted by Crippen LogP contribution is -2.37. The van der Waals surface area contributed by atoms with Crippen molar-refractivity contribution in [2.45, 2.75) is 39.3 Å². The first-order chi connectivity index (χ1) is 9.17. The zero-order valence-electron chi connectivity index (χ0n) is 12.3. The summed E-state index contributed by atoms with van der Waals surface area (Å²) in [5.74, 6) is 0. The molecule has 1 aliphatic heterocycles. The van der Waals surface area contributed by atoms with Crippen LogP contribution in [0.5, 0.6) is 0 Å².